The first-order chi connectivity index (χ1) is 12.0. The van der Waals surface area contributed by atoms with E-state index in [1.807, 2.05) is 24.3 Å². The van der Waals surface area contributed by atoms with Gasteiger partial charge in [0, 0.05) is 39.0 Å². The second kappa shape index (κ2) is 6.67. The summed E-state index contributed by atoms with van der Waals surface area (Å²) in [6.07, 6.45) is 0. The van der Waals surface area contributed by atoms with E-state index in [9.17, 15) is 9.18 Å². The van der Waals surface area contributed by atoms with Crippen LogP contribution in [0.15, 0.2) is 57.4 Å². The average Bonchev–Trinajstić information content (AvgIpc) is 2.96. The quantitative estimate of drug-likeness (QED) is 0.729. The van der Waals surface area contributed by atoms with Gasteiger partial charge < -0.3 is 0 Å². The SMILES string of the molecule is CC(=O)N1N=C2c3cc(F)ccc3SC[C@@H]2[C@@H]1Sc1ccc(Cl)cc1. The zero-order chi connectivity index (χ0) is 17.6. The molecule has 0 saturated heterocycles. The third kappa shape index (κ3) is 3.18. The van der Waals surface area contributed by atoms with Gasteiger partial charge in [-0.25, -0.2) is 9.40 Å². The molecule has 25 heavy (non-hydrogen) atoms. The first-order valence-electron chi connectivity index (χ1n) is 7.76. The molecule has 0 N–H and O–H groups in total. The van der Waals surface area contributed by atoms with Gasteiger partial charge in [-0.2, -0.15) is 5.10 Å². The molecule has 128 valence electrons. The van der Waals surface area contributed by atoms with Crippen LogP contribution in [-0.4, -0.2) is 27.8 Å². The highest BCUT2D eigenvalue weighted by atomic mass is 35.5. The number of thioether (sulfide) groups is 2. The summed E-state index contributed by atoms with van der Waals surface area (Å²) in [5.41, 5.74) is 1.60. The summed E-state index contributed by atoms with van der Waals surface area (Å²) < 4.78 is 13.7. The second-order valence-electron chi connectivity index (χ2n) is 5.87. The van der Waals surface area contributed by atoms with Gasteiger partial charge in [0.15, 0.2) is 0 Å². The highest BCUT2D eigenvalue weighted by Crippen LogP contribution is 2.44. The molecule has 0 aliphatic carbocycles. The number of benzene rings is 2. The number of rotatable bonds is 2. The first-order valence-corrected chi connectivity index (χ1v) is 10.0. The number of carbonyl (C=O) groups is 1. The van der Waals surface area contributed by atoms with E-state index in [0.29, 0.717) is 5.02 Å². The summed E-state index contributed by atoms with van der Waals surface area (Å²) in [5, 5.41) is 6.62. The molecule has 0 radical (unpaired) electrons. The van der Waals surface area contributed by atoms with E-state index in [-0.39, 0.29) is 23.0 Å². The van der Waals surface area contributed by atoms with E-state index >= 15 is 0 Å². The Morgan fingerprint density at radius 3 is 2.80 bits per heavy atom. The van der Waals surface area contributed by atoms with E-state index < -0.39 is 0 Å². The minimum atomic E-state index is -0.286. The van der Waals surface area contributed by atoms with Crippen molar-refractivity contribution in [1.29, 1.82) is 0 Å². The van der Waals surface area contributed by atoms with Gasteiger partial charge in [-0.15, -0.1) is 11.8 Å². The van der Waals surface area contributed by atoms with Crippen molar-refractivity contribution in [2.45, 2.75) is 22.1 Å². The number of fused-ring (bicyclic) bond motifs is 3. The molecular weight excluding hydrogens is 379 g/mol. The molecule has 2 aliphatic heterocycles. The molecule has 0 unspecified atom stereocenters. The molecule has 0 saturated carbocycles. The summed E-state index contributed by atoms with van der Waals surface area (Å²) in [6, 6.07) is 12.3. The van der Waals surface area contributed by atoms with Crippen molar-refractivity contribution in [1.82, 2.24) is 5.01 Å². The maximum Gasteiger partial charge on any atom is 0.240 e. The van der Waals surface area contributed by atoms with Gasteiger partial charge in [-0.3, -0.25) is 4.79 Å². The van der Waals surface area contributed by atoms with Crippen LogP contribution in [0.2, 0.25) is 5.02 Å². The summed E-state index contributed by atoms with van der Waals surface area (Å²) in [7, 11) is 0. The molecule has 2 aromatic rings. The Hall–Kier alpha value is -1.50. The largest absolute Gasteiger partial charge is 0.273 e. The first kappa shape index (κ1) is 16.9. The maximum absolute atomic E-state index is 13.7. The van der Waals surface area contributed by atoms with E-state index in [1.54, 1.807) is 29.6 Å². The number of hydrogen-bond acceptors (Lipinski definition) is 4. The lowest BCUT2D eigenvalue weighted by Gasteiger charge is -2.28. The molecule has 0 bridgehead atoms. The zero-order valence-corrected chi connectivity index (χ0v) is 15.7. The molecule has 0 fully saturated rings. The second-order valence-corrected chi connectivity index (χ2v) is 8.56. The van der Waals surface area contributed by atoms with Gasteiger partial charge in [0.1, 0.15) is 11.2 Å². The number of halogens is 2. The summed E-state index contributed by atoms with van der Waals surface area (Å²) in [6.45, 7) is 1.51. The van der Waals surface area contributed by atoms with Crippen LogP contribution >= 0.6 is 35.1 Å². The van der Waals surface area contributed by atoms with Crippen LogP contribution in [-0.2, 0) is 4.79 Å². The number of amides is 1. The molecule has 2 aliphatic rings. The summed E-state index contributed by atoms with van der Waals surface area (Å²) >= 11 is 9.22. The van der Waals surface area contributed by atoms with E-state index in [4.69, 9.17) is 11.6 Å². The standard InChI is InChI=1S/C18H14ClFN2OS2/c1-10(23)22-18(25-13-5-2-11(19)3-6-13)15-9-24-16-7-4-12(20)8-14(16)17(15)21-22/h2-8,15,18H,9H2,1H3/t15-,18-/m0/s1. The number of hydrazone groups is 1. The van der Waals surface area contributed by atoms with Crippen molar-refractivity contribution < 1.29 is 9.18 Å². The predicted octanol–water partition coefficient (Wildman–Crippen LogP) is 4.89. The Kier molecular flexibility index (Phi) is 4.52. The van der Waals surface area contributed by atoms with Crippen LogP contribution in [0.1, 0.15) is 12.5 Å². The van der Waals surface area contributed by atoms with Gasteiger partial charge in [0.05, 0.1) is 5.71 Å². The van der Waals surface area contributed by atoms with Crippen LogP contribution in [0.3, 0.4) is 0 Å². The van der Waals surface area contributed by atoms with Crippen molar-refractivity contribution in [3.8, 4) is 0 Å². The number of hydrogen-bond donors (Lipinski definition) is 0. The Balaban J connectivity index is 1.70. The number of carbonyl (C=O) groups excluding carboxylic acids is 1. The highest BCUT2D eigenvalue weighted by Gasteiger charge is 2.43. The van der Waals surface area contributed by atoms with Gasteiger partial charge in [0.2, 0.25) is 5.91 Å². The Labute approximate surface area is 158 Å². The molecule has 0 aromatic heterocycles. The minimum Gasteiger partial charge on any atom is -0.273 e. The molecule has 3 nitrogen and oxygen atoms in total. The molecule has 0 spiro atoms. The number of nitrogens with zero attached hydrogens (tertiary/aromatic N) is 2. The van der Waals surface area contributed by atoms with Crippen LogP contribution in [0.25, 0.3) is 0 Å². The Morgan fingerprint density at radius 1 is 1.32 bits per heavy atom. The topological polar surface area (TPSA) is 32.7 Å². The summed E-state index contributed by atoms with van der Waals surface area (Å²) in [5.74, 6) is 0.470. The minimum absolute atomic E-state index is 0.0591. The van der Waals surface area contributed by atoms with Crippen molar-refractivity contribution in [2.75, 3.05) is 5.75 Å². The van der Waals surface area contributed by atoms with Crippen molar-refractivity contribution in [3.63, 3.8) is 0 Å². The van der Waals surface area contributed by atoms with Crippen LogP contribution in [0.4, 0.5) is 4.39 Å². The smallest absolute Gasteiger partial charge is 0.240 e. The van der Waals surface area contributed by atoms with Gasteiger partial charge in [0.25, 0.3) is 0 Å². The average molecular weight is 393 g/mol. The van der Waals surface area contributed by atoms with Crippen LogP contribution < -0.4 is 0 Å². The van der Waals surface area contributed by atoms with Gasteiger partial charge in [-0.1, -0.05) is 23.4 Å². The zero-order valence-electron chi connectivity index (χ0n) is 13.3. The summed E-state index contributed by atoms with van der Waals surface area (Å²) in [4.78, 5) is 14.2. The lowest BCUT2D eigenvalue weighted by molar-refractivity contribution is -0.129. The van der Waals surface area contributed by atoms with E-state index in [1.165, 1.54) is 24.1 Å². The fourth-order valence-corrected chi connectivity index (χ4v) is 5.70. The molecular formula is C18H14ClFN2OS2. The normalized spacial score (nSPS) is 21.6. The molecule has 2 heterocycles. The third-order valence-electron chi connectivity index (χ3n) is 4.18. The van der Waals surface area contributed by atoms with Crippen LogP contribution in [0, 0.1) is 11.7 Å². The van der Waals surface area contributed by atoms with Crippen molar-refractivity contribution in [2.24, 2.45) is 11.0 Å². The van der Waals surface area contributed by atoms with Gasteiger partial charge >= 0.3 is 0 Å². The maximum atomic E-state index is 13.7. The van der Waals surface area contributed by atoms with Crippen LogP contribution in [0.5, 0.6) is 0 Å². The van der Waals surface area contributed by atoms with Crippen molar-refractivity contribution >= 4 is 46.7 Å². The van der Waals surface area contributed by atoms with E-state index in [2.05, 4.69) is 5.10 Å². The fraction of sp³-hybridized carbons (Fsp3) is 0.222. The molecule has 4 rings (SSSR count). The monoisotopic (exact) mass is 392 g/mol. The van der Waals surface area contributed by atoms with E-state index in [0.717, 1.165) is 26.8 Å². The van der Waals surface area contributed by atoms with Crippen molar-refractivity contribution in [3.05, 3.63) is 58.9 Å². The highest BCUT2D eigenvalue weighted by molar-refractivity contribution is 8.00. The Bertz CT molecular complexity index is 872. The molecule has 2 atom stereocenters. The Morgan fingerprint density at radius 2 is 2.08 bits per heavy atom. The molecule has 2 aromatic carbocycles. The lowest BCUT2D eigenvalue weighted by Crippen LogP contribution is -2.35. The van der Waals surface area contributed by atoms with Gasteiger partial charge in [-0.05, 0) is 42.5 Å². The third-order valence-corrected chi connectivity index (χ3v) is 6.94. The predicted molar refractivity (Wildman–Crippen MR) is 101 cm³/mol. The fourth-order valence-electron chi connectivity index (χ4n) is 3.01. The molecule has 1 amide bonds. The molecule has 7 heteroatoms. The lowest BCUT2D eigenvalue weighted by atomic mass is 9.98.